The Balaban J connectivity index is -0.0000000933. The Morgan fingerprint density at radius 3 is 1.64 bits per heavy atom. The SMILES string of the molecule is C=NC.CCOCC.CNS. The van der Waals surface area contributed by atoms with Crippen LogP contribution < -0.4 is 4.72 Å². The van der Waals surface area contributed by atoms with Gasteiger partial charge in [-0.05, 0) is 27.6 Å². The minimum Gasteiger partial charge on any atom is -0.382 e. The van der Waals surface area contributed by atoms with Crippen LogP contribution in [-0.4, -0.2) is 34.0 Å². The zero-order valence-electron chi connectivity index (χ0n) is 7.92. The first-order valence-corrected chi connectivity index (χ1v) is 3.93. The molecule has 0 saturated heterocycles. The smallest absolute Gasteiger partial charge is 0.0437 e. The van der Waals surface area contributed by atoms with Crippen molar-refractivity contribution < 1.29 is 4.74 Å². The second-order valence-electron chi connectivity index (χ2n) is 1.32. The normalized spacial score (nSPS) is 6.64. The lowest BCUT2D eigenvalue weighted by molar-refractivity contribution is 0.162. The van der Waals surface area contributed by atoms with Crippen LogP contribution in [0.1, 0.15) is 13.8 Å². The second-order valence-corrected chi connectivity index (χ2v) is 1.77. The van der Waals surface area contributed by atoms with E-state index in [0.29, 0.717) is 0 Å². The minimum atomic E-state index is 0.844. The Labute approximate surface area is 75.8 Å². The number of ether oxygens (including phenoxy) is 1. The lowest BCUT2D eigenvalue weighted by Crippen LogP contribution is -1.84. The highest BCUT2D eigenvalue weighted by molar-refractivity contribution is 7.78. The fourth-order valence-corrected chi connectivity index (χ4v) is 0.204. The van der Waals surface area contributed by atoms with E-state index in [1.807, 2.05) is 13.8 Å². The summed E-state index contributed by atoms with van der Waals surface area (Å²) in [6.07, 6.45) is 0. The number of hydrogen-bond acceptors (Lipinski definition) is 4. The quantitative estimate of drug-likeness (QED) is 0.497. The third kappa shape index (κ3) is 167. The van der Waals surface area contributed by atoms with Crippen molar-refractivity contribution >= 4 is 19.5 Å². The number of rotatable bonds is 2. The highest BCUT2D eigenvalue weighted by atomic mass is 32.1. The fourth-order valence-electron chi connectivity index (χ4n) is 0.204. The average Bonchev–Trinajstić information content (AvgIpc) is 1.92. The number of aliphatic imine (C=N–C) groups is 1. The van der Waals surface area contributed by atoms with Gasteiger partial charge in [0.2, 0.25) is 0 Å². The molecule has 0 unspecified atom stereocenters. The molecule has 0 heterocycles. The predicted molar refractivity (Wildman–Crippen MR) is 55.7 cm³/mol. The highest BCUT2D eigenvalue weighted by Gasteiger charge is 1.64. The Hall–Kier alpha value is -0.0600. The largest absolute Gasteiger partial charge is 0.382 e. The van der Waals surface area contributed by atoms with Crippen molar-refractivity contribution in [3.8, 4) is 0 Å². The van der Waals surface area contributed by atoms with Crippen LogP contribution in [0, 0.1) is 0 Å². The summed E-state index contributed by atoms with van der Waals surface area (Å²) in [6, 6.07) is 0. The molecule has 70 valence electrons. The summed E-state index contributed by atoms with van der Waals surface area (Å²) in [6.45, 7) is 8.78. The maximum absolute atomic E-state index is 4.83. The molecule has 0 aromatic carbocycles. The maximum atomic E-state index is 4.83. The molecule has 1 N–H and O–H groups in total. The molecule has 0 radical (unpaired) electrons. The van der Waals surface area contributed by atoms with Gasteiger partial charge in [-0.1, -0.05) is 12.8 Å². The van der Waals surface area contributed by atoms with Crippen LogP contribution in [0.2, 0.25) is 0 Å². The number of hydrogen-bond donors (Lipinski definition) is 2. The summed E-state index contributed by atoms with van der Waals surface area (Å²) in [7, 11) is 3.38. The van der Waals surface area contributed by atoms with Gasteiger partial charge in [-0.2, -0.15) is 0 Å². The van der Waals surface area contributed by atoms with Crippen molar-refractivity contribution in [3.05, 3.63) is 0 Å². The summed E-state index contributed by atoms with van der Waals surface area (Å²) >= 11 is 3.54. The van der Waals surface area contributed by atoms with Gasteiger partial charge in [0.1, 0.15) is 0 Å². The van der Waals surface area contributed by atoms with Crippen molar-refractivity contribution in [1.29, 1.82) is 0 Å². The van der Waals surface area contributed by atoms with E-state index in [-0.39, 0.29) is 0 Å². The molecule has 0 bridgehead atoms. The lowest BCUT2D eigenvalue weighted by Gasteiger charge is -1.86. The third-order valence-corrected chi connectivity index (χ3v) is 0.408. The summed E-state index contributed by atoms with van der Waals surface area (Å²) < 4.78 is 7.28. The van der Waals surface area contributed by atoms with Crippen LogP contribution >= 0.6 is 12.8 Å². The molecule has 4 heteroatoms. The standard InChI is InChI=1S/C4H10O.C2H5N.CH5NS/c1-3-5-4-2;1-3-2;1-2-3/h3-4H2,1-2H3;1H2,2H3;2-3H,1H3. The molecule has 0 saturated carbocycles. The van der Waals surface area contributed by atoms with Crippen LogP contribution in [0.5, 0.6) is 0 Å². The lowest BCUT2D eigenvalue weighted by atomic mass is 10.8. The third-order valence-electron chi connectivity index (χ3n) is 0.408. The minimum absolute atomic E-state index is 0.844. The van der Waals surface area contributed by atoms with Crippen LogP contribution in [0.4, 0.5) is 0 Å². The zero-order chi connectivity index (χ0) is 9.54. The van der Waals surface area contributed by atoms with Gasteiger partial charge < -0.3 is 9.73 Å². The molecule has 0 fully saturated rings. The summed E-state index contributed by atoms with van der Waals surface area (Å²) in [5.74, 6) is 0. The van der Waals surface area contributed by atoms with Gasteiger partial charge in [0.05, 0.1) is 0 Å². The molecule has 0 amide bonds. The summed E-state index contributed by atoms with van der Waals surface area (Å²) in [5, 5.41) is 0. The van der Waals surface area contributed by atoms with Crippen LogP contribution in [-0.2, 0) is 4.74 Å². The van der Waals surface area contributed by atoms with Crippen molar-refractivity contribution in [3.63, 3.8) is 0 Å². The number of thiol groups is 1. The molecule has 0 aliphatic heterocycles. The summed E-state index contributed by atoms with van der Waals surface area (Å²) in [4.78, 5) is 3.25. The Kier molecular flexibility index (Phi) is 50.7. The average molecular weight is 180 g/mol. The topological polar surface area (TPSA) is 33.6 Å². The van der Waals surface area contributed by atoms with Gasteiger partial charge in [0.15, 0.2) is 0 Å². The number of nitrogens with zero attached hydrogens (tertiary/aromatic N) is 1. The monoisotopic (exact) mass is 180 g/mol. The van der Waals surface area contributed by atoms with Crippen molar-refractivity contribution in [1.82, 2.24) is 4.72 Å². The van der Waals surface area contributed by atoms with E-state index in [1.54, 1.807) is 14.1 Å². The van der Waals surface area contributed by atoms with E-state index < -0.39 is 0 Å². The molecule has 0 aliphatic carbocycles. The first kappa shape index (κ1) is 17.1. The Bertz CT molecular complexity index is 51.7. The first-order valence-electron chi connectivity index (χ1n) is 3.48. The Morgan fingerprint density at radius 2 is 1.64 bits per heavy atom. The van der Waals surface area contributed by atoms with Crippen molar-refractivity contribution in [2.75, 3.05) is 27.3 Å². The van der Waals surface area contributed by atoms with Crippen LogP contribution in [0.3, 0.4) is 0 Å². The molecule has 0 aliphatic rings. The zero-order valence-corrected chi connectivity index (χ0v) is 8.82. The molecule has 3 nitrogen and oxygen atoms in total. The molecule has 0 atom stereocenters. The van der Waals surface area contributed by atoms with Gasteiger partial charge in [0.25, 0.3) is 0 Å². The van der Waals surface area contributed by atoms with E-state index >= 15 is 0 Å². The molecule has 0 rings (SSSR count). The van der Waals surface area contributed by atoms with Crippen molar-refractivity contribution in [2.24, 2.45) is 4.99 Å². The molecule has 0 spiro atoms. The predicted octanol–water partition coefficient (Wildman–Crippen LogP) is 1.41. The van der Waals surface area contributed by atoms with E-state index in [1.165, 1.54) is 0 Å². The van der Waals surface area contributed by atoms with E-state index in [0.717, 1.165) is 13.2 Å². The molecule has 11 heavy (non-hydrogen) atoms. The molecule has 0 aromatic heterocycles. The maximum Gasteiger partial charge on any atom is 0.0437 e. The fraction of sp³-hybridized carbons (Fsp3) is 0.857. The highest BCUT2D eigenvalue weighted by Crippen LogP contribution is 1.64. The van der Waals surface area contributed by atoms with E-state index in [9.17, 15) is 0 Å². The van der Waals surface area contributed by atoms with Gasteiger partial charge >= 0.3 is 0 Å². The molecular weight excluding hydrogens is 160 g/mol. The molecule has 0 aromatic rings. The van der Waals surface area contributed by atoms with E-state index in [4.69, 9.17) is 4.74 Å². The van der Waals surface area contributed by atoms with E-state index in [2.05, 4.69) is 29.2 Å². The van der Waals surface area contributed by atoms with Gasteiger partial charge in [-0.15, -0.1) is 0 Å². The number of nitrogens with one attached hydrogen (secondary N) is 1. The Morgan fingerprint density at radius 1 is 1.45 bits per heavy atom. The second kappa shape index (κ2) is 32.6. The van der Waals surface area contributed by atoms with Gasteiger partial charge in [0, 0.05) is 20.3 Å². The van der Waals surface area contributed by atoms with Crippen LogP contribution in [0.25, 0.3) is 0 Å². The van der Waals surface area contributed by atoms with Crippen molar-refractivity contribution in [2.45, 2.75) is 13.8 Å². The van der Waals surface area contributed by atoms with Gasteiger partial charge in [-0.25, -0.2) is 0 Å². The van der Waals surface area contributed by atoms with Gasteiger partial charge in [-0.3, -0.25) is 4.72 Å². The molecular formula is C7H20N2OS. The summed E-state index contributed by atoms with van der Waals surface area (Å²) in [5.41, 5.74) is 0. The first-order chi connectivity index (χ1) is 5.24. The van der Waals surface area contributed by atoms with Crippen LogP contribution in [0.15, 0.2) is 4.99 Å².